The maximum atomic E-state index is 12.1. The average Bonchev–Trinajstić information content (AvgIpc) is 2.93. The van der Waals surface area contributed by atoms with E-state index in [9.17, 15) is 18.8 Å². The minimum atomic E-state index is -3.65. The Bertz CT molecular complexity index is 1230. The molecular formula is C22H24N4O3S. The highest BCUT2D eigenvalue weighted by atomic mass is 32.2. The molecule has 1 aromatic heterocycles. The van der Waals surface area contributed by atoms with Crippen LogP contribution in [0, 0.1) is 11.3 Å². The number of phenols is 1. The lowest BCUT2D eigenvalue weighted by molar-refractivity contribution is 0.324. The Morgan fingerprint density at radius 3 is 2.43 bits per heavy atom. The Morgan fingerprint density at radius 2 is 1.87 bits per heavy atom. The molecule has 4 rings (SSSR count). The summed E-state index contributed by atoms with van der Waals surface area (Å²) in [6, 6.07) is 14.5. The van der Waals surface area contributed by atoms with Gasteiger partial charge in [0.05, 0.1) is 16.8 Å². The zero-order chi connectivity index (χ0) is 21.5. The van der Waals surface area contributed by atoms with Gasteiger partial charge < -0.3 is 9.67 Å². The van der Waals surface area contributed by atoms with Gasteiger partial charge in [0.2, 0.25) is 0 Å². The highest BCUT2D eigenvalue weighted by Gasteiger charge is 2.28. The number of nitriles is 1. The minimum absolute atomic E-state index is 0.166. The molecule has 156 valence electrons. The van der Waals surface area contributed by atoms with Crippen molar-refractivity contribution in [3.05, 3.63) is 48.0 Å². The molecule has 0 amide bonds. The quantitative estimate of drug-likeness (QED) is 0.549. The molecule has 1 aliphatic carbocycles. The zero-order valence-corrected chi connectivity index (χ0v) is 17.7. The summed E-state index contributed by atoms with van der Waals surface area (Å²) in [5.74, 6) is 0.166. The molecule has 1 aliphatic rings. The van der Waals surface area contributed by atoms with Gasteiger partial charge in [-0.3, -0.25) is 4.72 Å². The van der Waals surface area contributed by atoms with E-state index in [4.69, 9.17) is 0 Å². The van der Waals surface area contributed by atoms with Crippen LogP contribution in [0.4, 0.5) is 5.69 Å². The van der Waals surface area contributed by atoms with Gasteiger partial charge in [-0.15, -0.1) is 0 Å². The summed E-state index contributed by atoms with van der Waals surface area (Å²) in [5.41, 5.74) is 3.48. The summed E-state index contributed by atoms with van der Waals surface area (Å²) >= 11 is 0. The number of hydrogen-bond donors (Lipinski definition) is 3. The van der Waals surface area contributed by atoms with Crippen LogP contribution in [0.3, 0.4) is 0 Å². The second-order valence-corrected chi connectivity index (χ2v) is 9.39. The van der Waals surface area contributed by atoms with Crippen molar-refractivity contribution in [3.63, 3.8) is 0 Å². The van der Waals surface area contributed by atoms with Crippen LogP contribution in [-0.2, 0) is 10.2 Å². The molecule has 3 N–H and O–H groups in total. The third-order valence-corrected chi connectivity index (χ3v) is 6.63. The van der Waals surface area contributed by atoms with Gasteiger partial charge in [0.25, 0.3) is 10.2 Å². The predicted molar refractivity (Wildman–Crippen MR) is 117 cm³/mol. The fraction of sp³-hybridized carbons (Fsp3) is 0.318. The van der Waals surface area contributed by atoms with Crippen LogP contribution >= 0.6 is 0 Å². The predicted octanol–water partition coefficient (Wildman–Crippen LogP) is 4.27. The van der Waals surface area contributed by atoms with Crippen molar-refractivity contribution in [3.8, 4) is 23.1 Å². The molecule has 2 aromatic carbocycles. The van der Waals surface area contributed by atoms with Gasteiger partial charge >= 0.3 is 0 Å². The third-order valence-electron chi connectivity index (χ3n) is 5.34. The molecule has 7 nitrogen and oxygen atoms in total. The van der Waals surface area contributed by atoms with Gasteiger partial charge in [0.1, 0.15) is 11.8 Å². The normalized spacial score (nSPS) is 14.6. The van der Waals surface area contributed by atoms with Crippen molar-refractivity contribution in [2.75, 3.05) is 4.72 Å². The first-order chi connectivity index (χ1) is 14.3. The summed E-state index contributed by atoms with van der Waals surface area (Å²) in [6.07, 6.45) is 3.18. The maximum Gasteiger partial charge on any atom is 0.299 e. The highest BCUT2D eigenvalue weighted by Crippen LogP contribution is 2.43. The number of aromatic hydroxyl groups is 1. The van der Waals surface area contributed by atoms with E-state index in [1.54, 1.807) is 44.2 Å². The van der Waals surface area contributed by atoms with Crippen molar-refractivity contribution in [2.45, 2.75) is 45.2 Å². The van der Waals surface area contributed by atoms with Crippen LogP contribution in [0.15, 0.2) is 42.5 Å². The molecule has 3 aromatic rings. The molecule has 0 radical (unpaired) electrons. The van der Waals surface area contributed by atoms with Gasteiger partial charge in [0.15, 0.2) is 0 Å². The largest absolute Gasteiger partial charge is 0.508 e. The Hall–Kier alpha value is -3.02. The van der Waals surface area contributed by atoms with Crippen LogP contribution in [0.5, 0.6) is 5.75 Å². The van der Waals surface area contributed by atoms with Gasteiger partial charge in [-0.1, -0.05) is 12.1 Å². The van der Waals surface area contributed by atoms with Gasteiger partial charge in [0, 0.05) is 29.2 Å². The third kappa shape index (κ3) is 3.74. The summed E-state index contributed by atoms with van der Waals surface area (Å²) in [4.78, 5) is 0. The lowest BCUT2D eigenvalue weighted by Crippen LogP contribution is -2.35. The van der Waals surface area contributed by atoms with E-state index < -0.39 is 10.2 Å². The number of fused-ring (bicyclic) bond motifs is 1. The molecule has 1 saturated carbocycles. The second kappa shape index (κ2) is 7.67. The molecule has 8 heteroatoms. The fourth-order valence-corrected chi connectivity index (χ4v) is 5.04. The summed E-state index contributed by atoms with van der Waals surface area (Å²) in [5, 5.41) is 20.7. The summed E-state index contributed by atoms with van der Waals surface area (Å²) < 4.78 is 31.4. The highest BCUT2D eigenvalue weighted by molar-refractivity contribution is 7.90. The molecule has 0 aliphatic heterocycles. The first kappa shape index (κ1) is 20.3. The molecule has 0 unspecified atom stereocenters. The standard InChI is InChI=1S/C22H24N4O3S/c1-14(2)24-30(28,29)25-16-8-6-15(7-9-16)22-20(13-23)19-11-10-18(27)12-21(19)26(22)17-4-3-5-17/h6-12,14,17,24-25,27H,3-5H2,1-2H3. The molecule has 0 atom stereocenters. The van der Waals surface area contributed by atoms with Crippen LogP contribution in [0.1, 0.15) is 44.7 Å². The van der Waals surface area contributed by atoms with E-state index in [-0.39, 0.29) is 17.8 Å². The summed E-state index contributed by atoms with van der Waals surface area (Å²) in [7, 11) is -3.65. The van der Waals surface area contributed by atoms with Crippen LogP contribution in [0.2, 0.25) is 0 Å². The molecule has 0 spiro atoms. The van der Waals surface area contributed by atoms with Crippen molar-refractivity contribution in [1.29, 1.82) is 5.26 Å². The number of phenolic OH excluding ortho intramolecular Hbond substituents is 1. The molecule has 0 saturated heterocycles. The number of aromatic nitrogens is 1. The van der Waals surface area contributed by atoms with E-state index in [0.29, 0.717) is 11.3 Å². The van der Waals surface area contributed by atoms with Crippen LogP contribution in [0.25, 0.3) is 22.2 Å². The van der Waals surface area contributed by atoms with E-state index in [1.807, 2.05) is 12.1 Å². The number of hydrogen-bond acceptors (Lipinski definition) is 4. The number of rotatable bonds is 6. The van der Waals surface area contributed by atoms with Gasteiger partial charge in [-0.05, 0) is 62.9 Å². The lowest BCUT2D eigenvalue weighted by atomic mass is 9.92. The lowest BCUT2D eigenvalue weighted by Gasteiger charge is -2.30. The first-order valence-corrected chi connectivity index (χ1v) is 11.4. The van der Waals surface area contributed by atoms with Crippen molar-refractivity contribution in [1.82, 2.24) is 9.29 Å². The van der Waals surface area contributed by atoms with Crippen LogP contribution in [-0.4, -0.2) is 24.1 Å². The fourth-order valence-electron chi connectivity index (χ4n) is 3.91. The zero-order valence-electron chi connectivity index (χ0n) is 16.9. The molecule has 30 heavy (non-hydrogen) atoms. The average molecular weight is 425 g/mol. The minimum Gasteiger partial charge on any atom is -0.508 e. The number of nitrogens with one attached hydrogen (secondary N) is 2. The van der Waals surface area contributed by atoms with E-state index >= 15 is 0 Å². The Balaban J connectivity index is 1.79. The topological polar surface area (TPSA) is 107 Å². The summed E-state index contributed by atoms with van der Waals surface area (Å²) in [6.45, 7) is 3.51. The monoisotopic (exact) mass is 424 g/mol. The Labute approximate surface area is 176 Å². The molecule has 1 fully saturated rings. The molecule has 1 heterocycles. The van der Waals surface area contributed by atoms with E-state index in [1.165, 1.54) is 0 Å². The maximum absolute atomic E-state index is 12.1. The van der Waals surface area contributed by atoms with Crippen molar-refractivity contribution < 1.29 is 13.5 Å². The van der Waals surface area contributed by atoms with Gasteiger partial charge in [-0.25, -0.2) is 0 Å². The van der Waals surface area contributed by atoms with Crippen molar-refractivity contribution >= 4 is 26.8 Å². The number of nitrogens with zero attached hydrogens (tertiary/aromatic N) is 2. The molecule has 0 bridgehead atoms. The number of anilines is 1. The first-order valence-electron chi connectivity index (χ1n) is 9.96. The van der Waals surface area contributed by atoms with Crippen molar-refractivity contribution in [2.24, 2.45) is 0 Å². The smallest absolute Gasteiger partial charge is 0.299 e. The Morgan fingerprint density at radius 1 is 1.17 bits per heavy atom. The SMILES string of the molecule is CC(C)NS(=O)(=O)Nc1ccc(-c2c(C#N)c3ccc(O)cc3n2C2CCC2)cc1. The van der Waals surface area contributed by atoms with Crippen LogP contribution < -0.4 is 9.44 Å². The van der Waals surface area contributed by atoms with E-state index in [0.717, 1.165) is 41.4 Å². The van der Waals surface area contributed by atoms with Gasteiger partial charge in [-0.2, -0.15) is 18.4 Å². The Kier molecular flexibility index (Phi) is 5.18. The second-order valence-electron chi connectivity index (χ2n) is 7.95. The van der Waals surface area contributed by atoms with E-state index in [2.05, 4.69) is 20.1 Å². The molecular weight excluding hydrogens is 400 g/mol. The number of benzene rings is 2.